The van der Waals surface area contributed by atoms with Crippen LogP contribution in [0.1, 0.15) is 4.88 Å². The fourth-order valence-electron chi connectivity index (χ4n) is 1.22. The first-order chi connectivity index (χ1) is 8.06. The van der Waals surface area contributed by atoms with E-state index in [0.29, 0.717) is 4.47 Å². The number of benzene rings is 1. The topological polar surface area (TPSA) is 9.23 Å². The molecule has 0 saturated heterocycles. The summed E-state index contributed by atoms with van der Waals surface area (Å²) in [7, 11) is 0. The molecule has 0 aliphatic carbocycles. The Kier molecular flexibility index (Phi) is 4.17. The van der Waals surface area contributed by atoms with E-state index in [1.807, 2.05) is 12.1 Å². The van der Waals surface area contributed by atoms with Crippen molar-refractivity contribution in [3.63, 3.8) is 0 Å². The minimum atomic E-state index is -0.969. The van der Waals surface area contributed by atoms with E-state index >= 15 is 0 Å². The van der Waals surface area contributed by atoms with E-state index in [0.717, 1.165) is 14.7 Å². The first-order valence-electron chi connectivity index (χ1n) is 4.58. The number of hydrogen-bond donors (Lipinski definition) is 0. The maximum atomic E-state index is 13.4. The molecule has 0 atom stereocenters. The van der Waals surface area contributed by atoms with Gasteiger partial charge in [0, 0.05) is 9.35 Å². The third-order valence-electron chi connectivity index (χ3n) is 1.96. The number of rotatable bonds is 3. The summed E-state index contributed by atoms with van der Waals surface area (Å²) in [5, 5.41) is 0. The minimum absolute atomic E-state index is 0.0959. The smallest absolute Gasteiger partial charge is 0.200 e. The molecular formula is C11H6Br2F2OS. The van der Waals surface area contributed by atoms with E-state index in [1.54, 1.807) is 0 Å². The first-order valence-corrected chi connectivity index (χ1v) is 6.98. The zero-order valence-corrected chi connectivity index (χ0v) is 12.3. The molecule has 1 heterocycles. The molecule has 1 nitrogen and oxygen atoms in total. The van der Waals surface area contributed by atoms with E-state index in [4.69, 9.17) is 4.74 Å². The van der Waals surface area contributed by atoms with Crippen LogP contribution in [0.3, 0.4) is 0 Å². The van der Waals surface area contributed by atoms with Gasteiger partial charge in [-0.25, -0.2) is 4.39 Å². The zero-order valence-electron chi connectivity index (χ0n) is 8.34. The number of ether oxygens (including phenoxy) is 1. The van der Waals surface area contributed by atoms with Crippen molar-refractivity contribution in [2.24, 2.45) is 0 Å². The molecule has 0 amide bonds. The van der Waals surface area contributed by atoms with Crippen molar-refractivity contribution >= 4 is 43.2 Å². The highest BCUT2D eigenvalue weighted by atomic mass is 79.9. The summed E-state index contributed by atoms with van der Waals surface area (Å²) in [6, 6.07) is 6.20. The van der Waals surface area contributed by atoms with Crippen molar-refractivity contribution in [3.05, 3.63) is 49.0 Å². The van der Waals surface area contributed by atoms with Crippen molar-refractivity contribution in [1.82, 2.24) is 0 Å². The van der Waals surface area contributed by atoms with Crippen LogP contribution in [-0.4, -0.2) is 0 Å². The summed E-state index contributed by atoms with van der Waals surface area (Å²) in [5.41, 5.74) is 0. The van der Waals surface area contributed by atoms with Gasteiger partial charge in [-0.15, -0.1) is 11.3 Å². The average molecular weight is 384 g/mol. The molecule has 0 saturated carbocycles. The fourth-order valence-corrected chi connectivity index (χ4v) is 3.02. The van der Waals surface area contributed by atoms with Crippen molar-refractivity contribution < 1.29 is 13.5 Å². The summed E-state index contributed by atoms with van der Waals surface area (Å²) < 4.78 is 33.1. The fraction of sp³-hybridized carbons (Fsp3) is 0.0909. The second kappa shape index (κ2) is 5.46. The van der Waals surface area contributed by atoms with Crippen LogP contribution in [-0.2, 0) is 6.61 Å². The number of hydrogen-bond acceptors (Lipinski definition) is 2. The van der Waals surface area contributed by atoms with Gasteiger partial charge in [-0.3, -0.25) is 0 Å². The molecule has 1 aromatic carbocycles. The van der Waals surface area contributed by atoms with Gasteiger partial charge in [0.05, 0.1) is 3.79 Å². The standard InChI is InChI=1S/C11H6Br2F2OS/c12-6-3-8(14)11(15)9(4-6)16-5-7-1-2-10(13)17-7/h1-4H,5H2. The van der Waals surface area contributed by atoms with Crippen LogP contribution in [0, 0.1) is 11.6 Å². The van der Waals surface area contributed by atoms with Crippen LogP contribution in [0.25, 0.3) is 0 Å². The van der Waals surface area contributed by atoms with Crippen molar-refractivity contribution in [1.29, 1.82) is 0 Å². The molecular weight excluding hydrogens is 378 g/mol. The number of thiophene rings is 1. The van der Waals surface area contributed by atoms with Gasteiger partial charge in [-0.1, -0.05) is 15.9 Å². The van der Waals surface area contributed by atoms with Gasteiger partial charge in [-0.2, -0.15) is 4.39 Å². The molecule has 0 radical (unpaired) electrons. The third-order valence-corrected chi connectivity index (χ3v) is 4.01. The molecule has 90 valence electrons. The Morgan fingerprint density at radius 2 is 1.94 bits per heavy atom. The lowest BCUT2D eigenvalue weighted by Crippen LogP contribution is -1.97. The first kappa shape index (κ1) is 13.0. The maximum absolute atomic E-state index is 13.4. The molecule has 0 fully saturated rings. The van der Waals surface area contributed by atoms with Gasteiger partial charge in [0.25, 0.3) is 0 Å². The SMILES string of the molecule is Fc1cc(Br)cc(OCc2ccc(Br)s2)c1F. The second-order valence-electron chi connectivity index (χ2n) is 3.19. The Labute approximate surface area is 118 Å². The third kappa shape index (κ3) is 3.26. The number of halogens is 4. The normalized spacial score (nSPS) is 10.6. The molecule has 2 rings (SSSR count). The molecule has 17 heavy (non-hydrogen) atoms. The van der Waals surface area contributed by atoms with Crippen LogP contribution < -0.4 is 4.74 Å². The molecule has 0 aliphatic rings. The summed E-state index contributed by atoms with van der Waals surface area (Å²) in [6.07, 6.45) is 0. The van der Waals surface area contributed by atoms with Crippen LogP contribution in [0.5, 0.6) is 5.75 Å². The maximum Gasteiger partial charge on any atom is 0.200 e. The largest absolute Gasteiger partial charge is 0.485 e. The van der Waals surface area contributed by atoms with Crippen molar-refractivity contribution in [3.8, 4) is 5.75 Å². The highest BCUT2D eigenvalue weighted by Gasteiger charge is 2.11. The highest BCUT2D eigenvalue weighted by molar-refractivity contribution is 9.11. The predicted octanol–water partition coefficient (Wildman–Crippen LogP) is 5.13. The summed E-state index contributed by atoms with van der Waals surface area (Å²) in [6.45, 7) is 0.211. The molecule has 0 bridgehead atoms. The van der Waals surface area contributed by atoms with Gasteiger partial charge in [0.1, 0.15) is 6.61 Å². The zero-order chi connectivity index (χ0) is 12.4. The van der Waals surface area contributed by atoms with Crippen LogP contribution in [0.4, 0.5) is 8.78 Å². The Balaban J connectivity index is 2.14. The molecule has 0 spiro atoms. The van der Waals surface area contributed by atoms with Gasteiger partial charge in [0.2, 0.25) is 5.82 Å². The molecule has 0 N–H and O–H groups in total. The summed E-state index contributed by atoms with van der Waals surface area (Å²) in [4.78, 5) is 0.927. The van der Waals surface area contributed by atoms with Crippen molar-refractivity contribution in [2.45, 2.75) is 6.61 Å². The summed E-state index contributed by atoms with van der Waals surface area (Å²) in [5.74, 6) is -1.99. The Hall–Kier alpha value is -0.460. The lowest BCUT2D eigenvalue weighted by molar-refractivity contribution is 0.287. The Morgan fingerprint density at radius 1 is 1.18 bits per heavy atom. The molecule has 6 heteroatoms. The van der Waals surface area contributed by atoms with Crippen molar-refractivity contribution in [2.75, 3.05) is 0 Å². The second-order valence-corrected chi connectivity index (χ2v) is 6.66. The van der Waals surface area contributed by atoms with Gasteiger partial charge < -0.3 is 4.74 Å². The van der Waals surface area contributed by atoms with E-state index in [1.165, 1.54) is 17.4 Å². The summed E-state index contributed by atoms with van der Waals surface area (Å²) >= 11 is 7.89. The van der Waals surface area contributed by atoms with Gasteiger partial charge in [-0.05, 0) is 40.2 Å². The Morgan fingerprint density at radius 3 is 2.59 bits per heavy atom. The van der Waals surface area contributed by atoms with E-state index in [-0.39, 0.29) is 12.4 Å². The van der Waals surface area contributed by atoms with E-state index < -0.39 is 11.6 Å². The molecule has 2 aromatic rings. The lowest BCUT2D eigenvalue weighted by atomic mass is 10.3. The molecule has 0 aliphatic heterocycles. The predicted molar refractivity (Wildman–Crippen MR) is 70.4 cm³/mol. The monoisotopic (exact) mass is 382 g/mol. The minimum Gasteiger partial charge on any atom is -0.485 e. The van der Waals surface area contributed by atoms with Crippen LogP contribution in [0.15, 0.2) is 32.5 Å². The van der Waals surface area contributed by atoms with Crippen LogP contribution >= 0.6 is 43.2 Å². The van der Waals surface area contributed by atoms with Crippen LogP contribution in [0.2, 0.25) is 0 Å². The Bertz CT molecular complexity index is 542. The quantitative estimate of drug-likeness (QED) is 0.667. The average Bonchev–Trinajstić information content (AvgIpc) is 2.67. The van der Waals surface area contributed by atoms with E-state index in [9.17, 15) is 8.78 Å². The van der Waals surface area contributed by atoms with E-state index in [2.05, 4.69) is 31.9 Å². The molecule has 0 unspecified atom stereocenters. The van der Waals surface area contributed by atoms with Gasteiger partial charge >= 0.3 is 0 Å². The molecule has 1 aromatic heterocycles. The van der Waals surface area contributed by atoms with Gasteiger partial charge in [0.15, 0.2) is 11.6 Å². The highest BCUT2D eigenvalue weighted by Crippen LogP contribution is 2.28. The lowest BCUT2D eigenvalue weighted by Gasteiger charge is -2.07.